The molecule has 4 aromatic rings. The standard InChI is InChI=1S/C32H29Cl2N3O3/c1-35-31(39)28(19-21-8-3-2-4-9-21)37(20-22-15-16-25(33)26(34)18-22)29(38)14-7-17-36-27-13-6-11-23-10-5-12-24(30(23)27)32(36)40/h2-6,8-13,15-16,18,28H,7,14,17,19-20H2,1H3,(H,35,39)/t28-/m0/s1. The van der Waals surface area contributed by atoms with Crippen LogP contribution in [-0.4, -0.2) is 42.3 Å². The van der Waals surface area contributed by atoms with Crippen molar-refractivity contribution >= 4 is 57.4 Å². The summed E-state index contributed by atoms with van der Waals surface area (Å²) < 4.78 is 0. The highest BCUT2D eigenvalue weighted by Crippen LogP contribution is 2.37. The first-order valence-electron chi connectivity index (χ1n) is 13.2. The molecular weight excluding hydrogens is 545 g/mol. The molecule has 1 aliphatic rings. The molecule has 1 aliphatic heterocycles. The van der Waals surface area contributed by atoms with Crippen molar-refractivity contribution in [2.45, 2.75) is 31.8 Å². The SMILES string of the molecule is CNC(=O)[C@H](Cc1ccccc1)N(Cc1ccc(Cl)c(Cl)c1)C(=O)CCCN1C(=O)c2cccc3cccc1c23. The number of halogens is 2. The average Bonchev–Trinajstić information content (AvgIpc) is 3.25. The van der Waals surface area contributed by atoms with E-state index in [4.69, 9.17) is 23.2 Å². The quantitative estimate of drug-likeness (QED) is 0.243. The predicted molar refractivity (Wildman–Crippen MR) is 160 cm³/mol. The Hall–Kier alpha value is -3.87. The van der Waals surface area contributed by atoms with E-state index >= 15 is 0 Å². The van der Waals surface area contributed by atoms with Gasteiger partial charge in [0.1, 0.15) is 6.04 Å². The van der Waals surface area contributed by atoms with Crippen LogP contribution in [0.2, 0.25) is 10.0 Å². The lowest BCUT2D eigenvalue weighted by molar-refractivity contribution is -0.141. The second-order valence-corrected chi connectivity index (χ2v) is 10.6. The van der Waals surface area contributed by atoms with Gasteiger partial charge in [-0.15, -0.1) is 0 Å². The van der Waals surface area contributed by atoms with Crippen molar-refractivity contribution in [3.63, 3.8) is 0 Å². The number of nitrogens with one attached hydrogen (secondary N) is 1. The molecular formula is C32H29Cl2N3O3. The van der Waals surface area contributed by atoms with E-state index in [1.165, 1.54) is 0 Å². The van der Waals surface area contributed by atoms with Gasteiger partial charge in [-0.3, -0.25) is 14.4 Å². The highest BCUT2D eigenvalue weighted by Gasteiger charge is 2.32. The Kier molecular flexibility index (Phi) is 8.38. The van der Waals surface area contributed by atoms with Crippen LogP contribution in [0.3, 0.4) is 0 Å². The number of hydrogen-bond acceptors (Lipinski definition) is 3. The Balaban J connectivity index is 1.36. The smallest absolute Gasteiger partial charge is 0.258 e. The van der Waals surface area contributed by atoms with Crippen molar-refractivity contribution in [3.8, 4) is 0 Å². The number of hydrogen-bond donors (Lipinski definition) is 1. The minimum absolute atomic E-state index is 0.0563. The van der Waals surface area contributed by atoms with Crippen LogP contribution in [0.15, 0.2) is 84.9 Å². The van der Waals surface area contributed by atoms with Crippen LogP contribution in [0.5, 0.6) is 0 Å². The van der Waals surface area contributed by atoms with Crippen LogP contribution >= 0.6 is 23.2 Å². The molecule has 0 saturated heterocycles. The molecule has 0 saturated carbocycles. The van der Waals surface area contributed by atoms with E-state index in [0.717, 1.165) is 27.6 Å². The summed E-state index contributed by atoms with van der Waals surface area (Å²) >= 11 is 12.4. The van der Waals surface area contributed by atoms with Crippen LogP contribution < -0.4 is 10.2 Å². The highest BCUT2D eigenvalue weighted by atomic mass is 35.5. The van der Waals surface area contributed by atoms with Gasteiger partial charge in [0.05, 0.1) is 15.7 Å². The predicted octanol–water partition coefficient (Wildman–Crippen LogP) is 6.27. The van der Waals surface area contributed by atoms with Gasteiger partial charge in [-0.2, -0.15) is 0 Å². The third kappa shape index (κ3) is 5.69. The number of rotatable bonds is 10. The molecule has 0 fully saturated rings. The monoisotopic (exact) mass is 573 g/mol. The maximum Gasteiger partial charge on any atom is 0.258 e. The average molecular weight is 575 g/mol. The van der Waals surface area contributed by atoms with Gasteiger partial charge in [-0.25, -0.2) is 0 Å². The van der Waals surface area contributed by atoms with Gasteiger partial charge in [0, 0.05) is 43.9 Å². The summed E-state index contributed by atoms with van der Waals surface area (Å²) in [6, 6.07) is 25.7. The van der Waals surface area contributed by atoms with Crippen LogP contribution in [-0.2, 0) is 22.6 Å². The molecule has 6 nitrogen and oxygen atoms in total. The zero-order chi connectivity index (χ0) is 28.2. The maximum absolute atomic E-state index is 13.8. The van der Waals surface area contributed by atoms with E-state index in [0.29, 0.717) is 35.0 Å². The van der Waals surface area contributed by atoms with E-state index < -0.39 is 6.04 Å². The molecule has 5 rings (SSSR count). The van der Waals surface area contributed by atoms with E-state index in [-0.39, 0.29) is 30.7 Å². The fourth-order valence-corrected chi connectivity index (χ4v) is 5.61. The lowest BCUT2D eigenvalue weighted by atomic mass is 10.0. The van der Waals surface area contributed by atoms with Crippen molar-refractivity contribution < 1.29 is 14.4 Å². The van der Waals surface area contributed by atoms with Crippen molar-refractivity contribution in [3.05, 3.63) is 112 Å². The topological polar surface area (TPSA) is 69.7 Å². The minimum atomic E-state index is -0.735. The number of anilines is 1. The lowest BCUT2D eigenvalue weighted by Gasteiger charge is -2.31. The van der Waals surface area contributed by atoms with Gasteiger partial charge < -0.3 is 15.1 Å². The Morgan fingerprint density at radius 3 is 2.38 bits per heavy atom. The number of benzene rings is 4. The number of carbonyl (C=O) groups is 3. The molecule has 8 heteroatoms. The summed E-state index contributed by atoms with van der Waals surface area (Å²) in [6.07, 6.45) is 0.966. The van der Waals surface area contributed by atoms with Gasteiger partial charge in [0.25, 0.3) is 5.91 Å². The van der Waals surface area contributed by atoms with Gasteiger partial charge in [-0.1, -0.05) is 83.9 Å². The fourth-order valence-electron chi connectivity index (χ4n) is 5.29. The zero-order valence-corrected chi connectivity index (χ0v) is 23.6. The molecule has 3 amide bonds. The van der Waals surface area contributed by atoms with Gasteiger partial charge >= 0.3 is 0 Å². The van der Waals surface area contributed by atoms with Crippen molar-refractivity contribution in [1.29, 1.82) is 0 Å². The van der Waals surface area contributed by atoms with Gasteiger partial charge in [0.15, 0.2) is 0 Å². The highest BCUT2D eigenvalue weighted by molar-refractivity contribution is 6.42. The second-order valence-electron chi connectivity index (χ2n) is 9.83. The summed E-state index contributed by atoms with van der Waals surface area (Å²) in [5.41, 5.74) is 3.26. The van der Waals surface area contributed by atoms with Gasteiger partial charge in [0.2, 0.25) is 11.8 Å². The van der Waals surface area contributed by atoms with Crippen LogP contribution in [0.1, 0.15) is 34.3 Å². The molecule has 1 heterocycles. The van der Waals surface area contributed by atoms with Crippen molar-refractivity contribution in [2.24, 2.45) is 0 Å². The molecule has 4 aromatic carbocycles. The molecule has 204 valence electrons. The van der Waals surface area contributed by atoms with E-state index in [1.807, 2.05) is 66.7 Å². The van der Waals surface area contributed by atoms with Gasteiger partial charge in [-0.05, 0) is 47.2 Å². The Labute approximate surface area is 243 Å². The Morgan fingerprint density at radius 1 is 0.900 bits per heavy atom. The normalized spacial score (nSPS) is 13.0. The number of nitrogens with zero attached hydrogens (tertiary/aromatic N) is 2. The van der Waals surface area contributed by atoms with E-state index in [1.54, 1.807) is 35.0 Å². The Bertz CT molecular complexity index is 1570. The first-order valence-corrected chi connectivity index (χ1v) is 14.0. The molecule has 0 aliphatic carbocycles. The molecule has 0 bridgehead atoms. The minimum Gasteiger partial charge on any atom is -0.357 e. The fraction of sp³-hybridized carbons (Fsp3) is 0.219. The molecule has 40 heavy (non-hydrogen) atoms. The molecule has 0 radical (unpaired) electrons. The number of likely N-dealkylation sites (N-methyl/N-ethyl adjacent to an activating group) is 1. The van der Waals surface area contributed by atoms with Crippen LogP contribution in [0.4, 0.5) is 5.69 Å². The third-order valence-electron chi connectivity index (χ3n) is 7.28. The molecule has 1 N–H and O–H groups in total. The van der Waals surface area contributed by atoms with Crippen molar-refractivity contribution in [1.82, 2.24) is 10.2 Å². The maximum atomic E-state index is 13.8. The van der Waals surface area contributed by atoms with E-state index in [2.05, 4.69) is 5.32 Å². The zero-order valence-electron chi connectivity index (χ0n) is 22.1. The molecule has 0 unspecified atom stereocenters. The number of amides is 3. The van der Waals surface area contributed by atoms with Crippen LogP contribution in [0.25, 0.3) is 10.8 Å². The van der Waals surface area contributed by atoms with E-state index in [9.17, 15) is 14.4 Å². The third-order valence-corrected chi connectivity index (χ3v) is 8.01. The molecule has 0 spiro atoms. The first kappa shape index (κ1) is 27.7. The Morgan fingerprint density at radius 2 is 1.65 bits per heavy atom. The molecule has 0 aromatic heterocycles. The summed E-state index contributed by atoms with van der Waals surface area (Å²) in [7, 11) is 1.57. The largest absolute Gasteiger partial charge is 0.357 e. The summed E-state index contributed by atoms with van der Waals surface area (Å²) in [6.45, 7) is 0.580. The van der Waals surface area contributed by atoms with Crippen molar-refractivity contribution in [2.75, 3.05) is 18.5 Å². The summed E-state index contributed by atoms with van der Waals surface area (Å²) in [4.78, 5) is 43.5. The summed E-state index contributed by atoms with van der Waals surface area (Å²) in [5, 5.41) is 5.49. The number of carbonyl (C=O) groups excluding carboxylic acids is 3. The molecule has 1 atom stereocenters. The van der Waals surface area contributed by atoms with Crippen LogP contribution in [0, 0.1) is 0 Å². The lowest BCUT2D eigenvalue weighted by Crippen LogP contribution is -2.49. The first-order chi connectivity index (χ1) is 19.4. The second kappa shape index (κ2) is 12.1. The summed E-state index contributed by atoms with van der Waals surface area (Å²) in [5.74, 6) is -0.494.